The zero-order chi connectivity index (χ0) is 13.5. The van der Waals surface area contributed by atoms with E-state index in [2.05, 4.69) is 0 Å². The third kappa shape index (κ3) is 4.97. The molecule has 0 bridgehead atoms. The molecule has 0 aliphatic carbocycles. The number of carbonyl (C=O) groups is 2. The van der Waals surface area contributed by atoms with E-state index < -0.39 is 30.6 Å². The van der Waals surface area contributed by atoms with E-state index in [1.54, 1.807) is 6.92 Å². The molecule has 0 spiro atoms. The lowest BCUT2D eigenvalue weighted by molar-refractivity contribution is -0.151. The SMILES string of the molecule is CC(OC(=O)CC(O)CC(=O)O)c1ccccc1. The number of carbonyl (C=O) groups excluding carboxylic acids is 1. The molecule has 0 aromatic heterocycles. The molecule has 0 radical (unpaired) electrons. The lowest BCUT2D eigenvalue weighted by atomic mass is 10.1. The van der Waals surface area contributed by atoms with E-state index in [1.807, 2.05) is 30.3 Å². The number of carboxylic acids is 1. The Hall–Kier alpha value is -1.88. The van der Waals surface area contributed by atoms with Crippen LogP contribution in [-0.2, 0) is 14.3 Å². The van der Waals surface area contributed by atoms with Gasteiger partial charge in [0, 0.05) is 0 Å². The van der Waals surface area contributed by atoms with Crippen molar-refractivity contribution in [2.45, 2.75) is 32.0 Å². The number of hydrogen-bond acceptors (Lipinski definition) is 4. The van der Waals surface area contributed by atoms with Gasteiger partial charge in [0.1, 0.15) is 6.10 Å². The highest BCUT2D eigenvalue weighted by molar-refractivity contribution is 5.72. The van der Waals surface area contributed by atoms with Crippen molar-refractivity contribution in [3.8, 4) is 0 Å². The van der Waals surface area contributed by atoms with E-state index in [9.17, 15) is 14.7 Å². The minimum Gasteiger partial charge on any atom is -0.481 e. The average molecular weight is 252 g/mol. The van der Waals surface area contributed by atoms with Crippen molar-refractivity contribution in [2.75, 3.05) is 0 Å². The summed E-state index contributed by atoms with van der Waals surface area (Å²) in [6.45, 7) is 1.72. The van der Waals surface area contributed by atoms with Crippen molar-refractivity contribution >= 4 is 11.9 Å². The van der Waals surface area contributed by atoms with Gasteiger partial charge in [-0.1, -0.05) is 30.3 Å². The molecule has 5 heteroatoms. The van der Waals surface area contributed by atoms with E-state index in [1.165, 1.54) is 0 Å². The van der Waals surface area contributed by atoms with Crippen LogP contribution in [0.4, 0.5) is 0 Å². The molecule has 0 aliphatic rings. The Morgan fingerprint density at radius 2 is 1.83 bits per heavy atom. The molecule has 1 aromatic rings. The molecule has 0 fully saturated rings. The summed E-state index contributed by atoms with van der Waals surface area (Å²) < 4.78 is 5.10. The lowest BCUT2D eigenvalue weighted by Gasteiger charge is -2.14. The molecule has 2 N–H and O–H groups in total. The third-order valence-corrected chi connectivity index (χ3v) is 2.39. The van der Waals surface area contributed by atoms with Crippen molar-refractivity contribution in [1.82, 2.24) is 0 Å². The van der Waals surface area contributed by atoms with Crippen LogP contribution in [-0.4, -0.2) is 28.3 Å². The first-order chi connectivity index (χ1) is 8.49. The van der Waals surface area contributed by atoms with E-state index in [4.69, 9.17) is 9.84 Å². The molecule has 0 amide bonds. The van der Waals surface area contributed by atoms with Crippen molar-refractivity contribution in [3.63, 3.8) is 0 Å². The van der Waals surface area contributed by atoms with Gasteiger partial charge in [0.25, 0.3) is 0 Å². The predicted molar refractivity (Wildman–Crippen MR) is 63.8 cm³/mol. The Bertz CT molecular complexity index is 401. The Kier molecular flexibility index (Phi) is 5.32. The predicted octanol–water partition coefficient (Wildman–Crippen LogP) is 1.52. The normalized spacial score (nSPS) is 13.7. The fourth-order valence-electron chi connectivity index (χ4n) is 1.50. The summed E-state index contributed by atoms with van der Waals surface area (Å²) in [7, 11) is 0. The van der Waals surface area contributed by atoms with Gasteiger partial charge in [0.05, 0.1) is 18.9 Å². The number of carboxylic acid groups (broad SMARTS) is 1. The van der Waals surface area contributed by atoms with Gasteiger partial charge < -0.3 is 14.9 Å². The second kappa shape index (κ2) is 6.76. The third-order valence-electron chi connectivity index (χ3n) is 2.39. The zero-order valence-electron chi connectivity index (χ0n) is 10.1. The van der Waals surface area contributed by atoms with Gasteiger partial charge in [-0.3, -0.25) is 9.59 Å². The van der Waals surface area contributed by atoms with Crippen molar-refractivity contribution in [2.24, 2.45) is 0 Å². The first kappa shape index (κ1) is 14.2. The Labute approximate surface area is 105 Å². The van der Waals surface area contributed by atoms with Crippen LogP contribution in [0.3, 0.4) is 0 Å². The number of ether oxygens (including phenoxy) is 1. The minimum atomic E-state index is -1.21. The first-order valence-corrected chi connectivity index (χ1v) is 5.63. The largest absolute Gasteiger partial charge is 0.481 e. The number of aliphatic hydroxyl groups is 1. The van der Waals surface area contributed by atoms with Gasteiger partial charge in [0.2, 0.25) is 0 Å². The fraction of sp³-hybridized carbons (Fsp3) is 0.385. The smallest absolute Gasteiger partial charge is 0.309 e. The summed E-state index contributed by atoms with van der Waals surface area (Å²) in [5.74, 6) is -1.76. The highest BCUT2D eigenvalue weighted by atomic mass is 16.5. The van der Waals surface area contributed by atoms with E-state index in [0.717, 1.165) is 5.56 Å². The first-order valence-electron chi connectivity index (χ1n) is 5.63. The maximum Gasteiger partial charge on any atom is 0.309 e. The molecule has 0 heterocycles. The van der Waals surface area contributed by atoms with Crippen LogP contribution in [0.1, 0.15) is 31.4 Å². The molecular formula is C13H16O5. The lowest BCUT2D eigenvalue weighted by Crippen LogP contribution is -2.20. The summed E-state index contributed by atoms with van der Waals surface area (Å²) in [6, 6.07) is 9.17. The van der Waals surface area contributed by atoms with Crippen LogP contribution in [0.25, 0.3) is 0 Å². The fourth-order valence-corrected chi connectivity index (χ4v) is 1.50. The van der Waals surface area contributed by atoms with Gasteiger partial charge in [-0.2, -0.15) is 0 Å². The number of rotatable bonds is 6. The molecule has 1 rings (SSSR count). The summed E-state index contributed by atoms with van der Waals surface area (Å²) in [5.41, 5.74) is 0.846. The molecule has 0 aliphatic heterocycles. The van der Waals surface area contributed by atoms with E-state index in [0.29, 0.717) is 0 Å². The number of aliphatic hydroxyl groups excluding tert-OH is 1. The van der Waals surface area contributed by atoms with Gasteiger partial charge in [-0.25, -0.2) is 0 Å². The highest BCUT2D eigenvalue weighted by Crippen LogP contribution is 2.17. The Morgan fingerprint density at radius 1 is 1.22 bits per heavy atom. The van der Waals surface area contributed by atoms with Gasteiger partial charge in [-0.05, 0) is 12.5 Å². The van der Waals surface area contributed by atoms with Crippen LogP contribution in [0.15, 0.2) is 30.3 Å². The second-order valence-corrected chi connectivity index (χ2v) is 4.00. The number of benzene rings is 1. The second-order valence-electron chi connectivity index (χ2n) is 4.00. The number of esters is 1. The number of aliphatic carboxylic acids is 1. The monoisotopic (exact) mass is 252 g/mol. The Balaban J connectivity index is 2.43. The van der Waals surface area contributed by atoms with E-state index >= 15 is 0 Å². The molecule has 18 heavy (non-hydrogen) atoms. The van der Waals surface area contributed by atoms with Crippen LogP contribution >= 0.6 is 0 Å². The molecular weight excluding hydrogens is 236 g/mol. The molecule has 5 nitrogen and oxygen atoms in total. The molecule has 2 unspecified atom stereocenters. The zero-order valence-corrected chi connectivity index (χ0v) is 10.1. The minimum absolute atomic E-state index is 0.316. The van der Waals surface area contributed by atoms with Crippen LogP contribution in [0.2, 0.25) is 0 Å². The van der Waals surface area contributed by atoms with Crippen LogP contribution in [0.5, 0.6) is 0 Å². The van der Waals surface area contributed by atoms with Crippen molar-refractivity contribution < 1.29 is 24.5 Å². The Morgan fingerprint density at radius 3 is 2.39 bits per heavy atom. The van der Waals surface area contributed by atoms with Crippen molar-refractivity contribution in [1.29, 1.82) is 0 Å². The van der Waals surface area contributed by atoms with Crippen LogP contribution < -0.4 is 0 Å². The van der Waals surface area contributed by atoms with Gasteiger partial charge in [-0.15, -0.1) is 0 Å². The summed E-state index contributed by atoms with van der Waals surface area (Å²) >= 11 is 0. The standard InChI is InChI=1S/C13H16O5/c1-9(10-5-3-2-4-6-10)18-13(17)8-11(14)7-12(15)16/h2-6,9,11,14H,7-8H2,1H3,(H,15,16). The van der Waals surface area contributed by atoms with Crippen LogP contribution in [0, 0.1) is 0 Å². The summed E-state index contributed by atoms with van der Waals surface area (Å²) in [5, 5.41) is 17.7. The van der Waals surface area contributed by atoms with Gasteiger partial charge in [0.15, 0.2) is 0 Å². The highest BCUT2D eigenvalue weighted by Gasteiger charge is 2.17. The molecule has 0 saturated carbocycles. The molecule has 0 saturated heterocycles. The average Bonchev–Trinajstić information content (AvgIpc) is 2.28. The molecule has 98 valence electrons. The maximum absolute atomic E-state index is 11.4. The van der Waals surface area contributed by atoms with Gasteiger partial charge >= 0.3 is 11.9 Å². The summed E-state index contributed by atoms with van der Waals surface area (Å²) in [4.78, 5) is 21.8. The summed E-state index contributed by atoms with van der Waals surface area (Å²) in [6.07, 6.45) is -2.41. The maximum atomic E-state index is 11.4. The van der Waals surface area contributed by atoms with Crippen molar-refractivity contribution in [3.05, 3.63) is 35.9 Å². The number of hydrogen-bond donors (Lipinski definition) is 2. The van der Waals surface area contributed by atoms with E-state index in [-0.39, 0.29) is 6.42 Å². The topological polar surface area (TPSA) is 83.8 Å². The molecule has 2 atom stereocenters. The molecule has 1 aromatic carbocycles. The quantitative estimate of drug-likeness (QED) is 0.750.